The quantitative estimate of drug-likeness (QED) is 0.359. The topological polar surface area (TPSA) is 70.2 Å². The number of rotatable bonds is 7. The molecular formula is C25H21N3O3S. The fraction of sp³-hybridized carbons (Fsp3) is 0.160. The highest BCUT2D eigenvalue weighted by atomic mass is 32.1. The van der Waals surface area contributed by atoms with Crippen molar-refractivity contribution in [3.05, 3.63) is 112 Å². The molecule has 1 atom stereocenters. The Morgan fingerprint density at radius 3 is 2.44 bits per heavy atom. The molecule has 0 N–H and O–H groups in total. The predicted octanol–water partition coefficient (Wildman–Crippen LogP) is 4.88. The van der Waals surface area contributed by atoms with Crippen molar-refractivity contribution in [1.82, 2.24) is 14.2 Å². The number of hydrogen-bond donors (Lipinski definition) is 0. The maximum atomic E-state index is 13.2. The maximum Gasteiger partial charge on any atom is 0.269 e. The van der Waals surface area contributed by atoms with Gasteiger partial charge in [0.2, 0.25) is 11.8 Å². The molecule has 0 unspecified atom stereocenters. The summed E-state index contributed by atoms with van der Waals surface area (Å²) in [5.74, 6) is 1.75. The lowest BCUT2D eigenvalue weighted by Crippen LogP contribution is -2.22. The summed E-state index contributed by atoms with van der Waals surface area (Å²) in [7, 11) is 1.64. The molecule has 2 heterocycles. The minimum Gasteiger partial charge on any atom is -0.497 e. The molecule has 0 saturated heterocycles. The zero-order chi connectivity index (χ0) is 21.9. The summed E-state index contributed by atoms with van der Waals surface area (Å²) < 4.78 is 14.0. The zero-order valence-electron chi connectivity index (χ0n) is 17.5. The summed E-state index contributed by atoms with van der Waals surface area (Å²) in [5.41, 5.74) is 2.10. The number of aromatic nitrogens is 3. The van der Waals surface area contributed by atoms with Crippen molar-refractivity contribution in [3.63, 3.8) is 0 Å². The van der Waals surface area contributed by atoms with E-state index in [1.807, 2.05) is 78.9 Å². The van der Waals surface area contributed by atoms with E-state index in [1.165, 1.54) is 11.5 Å². The first-order valence-electron chi connectivity index (χ1n) is 10.3. The Bertz CT molecular complexity index is 1390. The number of nitrogens with zero attached hydrogens (tertiary/aromatic N) is 3. The molecule has 0 amide bonds. The first kappa shape index (κ1) is 20.2. The van der Waals surface area contributed by atoms with Crippen LogP contribution >= 0.6 is 11.5 Å². The second-order valence-corrected chi connectivity index (χ2v) is 8.50. The Balaban J connectivity index is 1.50. The fourth-order valence-electron chi connectivity index (χ4n) is 3.69. The van der Waals surface area contributed by atoms with Crippen LogP contribution in [0.4, 0.5) is 0 Å². The van der Waals surface area contributed by atoms with Crippen LogP contribution in [0.2, 0.25) is 0 Å². The predicted molar refractivity (Wildman–Crippen MR) is 124 cm³/mol. The fourth-order valence-corrected chi connectivity index (χ4v) is 4.77. The SMILES string of the molecule is COc1ccc(Cc2nnc([C@H](Cc3ccccc3)n3sc4ccccc4c3=O)o2)cc1. The van der Waals surface area contributed by atoms with Crippen LogP contribution in [0.15, 0.2) is 88.1 Å². The van der Waals surface area contributed by atoms with Gasteiger partial charge in [0.1, 0.15) is 11.8 Å². The highest BCUT2D eigenvalue weighted by Crippen LogP contribution is 2.27. The molecule has 2 aromatic heterocycles. The molecule has 6 nitrogen and oxygen atoms in total. The lowest BCUT2D eigenvalue weighted by molar-refractivity contribution is 0.399. The average molecular weight is 444 g/mol. The van der Waals surface area contributed by atoms with Gasteiger partial charge in [-0.05, 0) is 35.4 Å². The zero-order valence-corrected chi connectivity index (χ0v) is 18.3. The van der Waals surface area contributed by atoms with Crippen LogP contribution in [0.5, 0.6) is 5.75 Å². The Kier molecular flexibility index (Phi) is 5.56. The highest BCUT2D eigenvalue weighted by molar-refractivity contribution is 7.13. The third-order valence-electron chi connectivity index (χ3n) is 5.35. The van der Waals surface area contributed by atoms with Gasteiger partial charge < -0.3 is 9.15 Å². The number of hydrogen-bond acceptors (Lipinski definition) is 6. The van der Waals surface area contributed by atoms with Gasteiger partial charge in [-0.1, -0.05) is 66.1 Å². The van der Waals surface area contributed by atoms with Crippen molar-refractivity contribution < 1.29 is 9.15 Å². The minimum absolute atomic E-state index is 0.0403. The third kappa shape index (κ3) is 4.07. The van der Waals surface area contributed by atoms with Crippen molar-refractivity contribution in [2.45, 2.75) is 18.9 Å². The van der Waals surface area contributed by atoms with Crippen LogP contribution in [0.1, 0.15) is 29.0 Å². The Labute approximate surface area is 188 Å². The number of ether oxygens (including phenoxy) is 1. The molecule has 0 aliphatic heterocycles. The van der Waals surface area contributed by atoms with Gasteiger partial charge in [-0.15, -0.1) is 10.2 Å². The molecule has 5 aromatic rings. The van der Waals surface area contributed by atoms with Gasteiger partial charge in [-0.2, -0.15) is 0 Å². The maximum absolute atomic E-state index is 13.2. The van der Waals surface area contributed by atoms with Crippen molar-refractivity contribution >= 4 is 21.6 Å². The van der Waals surface area contributed by atoms with Gasteiger partial charge in [0.05, 0.1) is 23.6 Å². The number of methoxy groups -OCH3 is 1. The lowest BCUT2D eigenvalue weighted by Gasteiger charge is -2.13. The normalized spacial score (nSPS) is 12.2. The molecule has 0 aliphatic carbocycles. The van der Waals surface area contributed by atoms with Crippen LogP contribution in [0.25, 0.3) is 10.1 Å². The highest BCUT2D eigenvalue weighted by Gasteiger charge is 2.25. The summed E-state index contributed by atoms with van der Waals surface area (Å²) in [6, 6.07) is 25.0. The van der Waals surface area contributed by atoms with Gasteiger partial charge in [0, 0.05) is 6.42 Å². The number of benzene rings is 3. The van der Waals surface area contributed by atoms with Crippen molar-refractivity contribution in [2.24, 2.45) is 0 Å². The molecule has 0 saturated carbocycles. The third-order valence-corrected chi connectivity index (χ3v) is 6.52. The van der Waals surface area contributed by atoms with Gasteiger partial charge in [0.15, 0.2) is 0 Å². The van der Waals surface area contributed by atoms with E-state index in [1.54, 1.807) is 11.1 Å². The largest absolute Gasteiger partial charge is 0.497 e. The molecule has 5 rings (SSSR count). The van der Waals surface area contributed by atoms with Crippen molar-refractivity contribution in [2.75, 3.05) is 7.11 Å². The van der Waals surface area contributed by atoms with E-state index >= 15 is 0 Å². The molecule has 160 valence electrons. The van der Waals surface area contributed by atoms with Gasteiger partial charge in [0.25, 0.3) is 5.56 Å². The molecule has 0 radical (unpaired) electrons. The van der Waals surface area contributed by atoms with Crippen molar-refractivity contribution in [3.8, 4) is 5.75 Å². The van der Waals surface area contributed by atoms with E-state index in [9.17, 15) is 4.79 Å². The first-order chi connectivity index (χ1) is 15.7. The van der Waals surface area contributed by atoms with Gasteiger partial charge in [-0.25, -0.2) is 0 Å². The number of fused-ring (bicyclic) bond motifs is 1. The molecule has 0 aliphatic rings. The Morgan fingerprint density at radius 1 is 0.938 bits per heavy atom. The van der Waals surface area contributed by atoms with E-state index in [4.69, 9.17) is 9.15 Å². The molecule has 0 bridgehead atoms. The van der Waals surface area contributed by atoms with E-state index < -0.39 is 0 Å². The molecule has 32 heavy (non-hydrogen) atoms. The summed E-state index contributed by atoms with van der Waals surface area (Å²) >= 11 is 1.43. The monoisotopic (exact) mass is 443 g/mol. The van der Waals surface area contributed by atoms with Crippen LogP contribution in [0, 0.1) is 0 Å². The van der Waals surface area contributed by atoms with E-state index in [2.05, 4.69) is 10.2 Å². The smallest absolute Gasteiger partial charge is 0.269 e. The Hall–Kier alpha value is -3.71. The van der Waals surface area contributed by atoms with Crippen molar-refractivity contribution in [1.29, 1.82) is 0 Å². The molecule has 0 spiro atoms. The molecule has 3 aromatic carbocycles. The lowest BCUT2D eigenvalue weighted by atomic mass is 10.1. The van der Waals surface area contributed by atoms with Crippen LogP contribution in [-0.2, 0) is 12.8 Å². The standard InChI is InChI=1S/C25H21N3O3S/c1-30-19-13-11-18(12-14-19)16-23-26-27-24(31-23)21(15-17-7-3-2-4-8-17)28-25(29)20-9-5-6-10-22(20)32-28/h2-14,21H,15-16H2,1H3/t21-/m0/s1. The second kappa shape index (κ2) is 8.80. The summed E-state index contributed by atoms with van der Waals surface area (Å²) in [6.45, 7) is 0. The van der Waals surface area contributed by atoms with Crippen LogP contribution in [-0.4, -0.2) is 21.3 Å². The van der Waals surface area contributed by atoms with Crippen LogP contribution < -0.4 is 10.3 Å². The van der Waals surface area contributed by atoms with Gasteiger partial charge in [-0.3, -0.25) is 8.75 Å². The summed E-state index contributed by atoms with van der Waals surface area (Å²) in [4.78, 5) is 13.2. The van der Waals surface area contributed by atoms with E-state index in [0.29, 0.717) is 30.0 Å². The Morgan fingerprint density at radius 2 is 1.69 bits per heavy atom. The summed E-state index contributed by atoms with van der Waals surface area (Å²) in [5, 5.41) is 9.31. The van der Waals surface area contributed by atoms with E-state index in [0.717, 1.165) is 21.6 Å². The minimum atomic E-state index is -0.376. The molecule has 0 fully saturated rings. The van der Waals surface area contributed by atoms with Gasteiger partial charge >= 0.3 is 0 Å². The van der Waals surface area contributed by atoms with Crippen LogP contribution in [0.3, 0.4) is 0 Å². The van der Waals surface area contributed by atoms with E-state index in [-0.39, 0.29) is 11.6 Å². The summed E-state index contributed by atoms with van der Waals surface area (Å²) in [6.07, 6.45) is 1.09. The molecule has 7 heteroatoms. The molecular weight excluding hydrogens is 422 g/mol. The average Bonchev–Trinajstić information content (AvgIpc) is 3.43. The first-order valence-corrected chi connectivity index (χ1v) is 11.1. The second-order valence-electron chi connectivity index (χ2n) is 7.48.